The van der Waals surface area contributed by atoms with E-state index in [0.29, 0.717) is 43.3 Å². The van der Waals surface area contributed by atoms with Gasteiger partial charge in [-0.25, -0.2) is 8.42 Å². The predicted octanol–water partition coefficient (Wildman–Crippen LogP) is 2.68. The van der Waals surface area contributed by atoms with Gasteiger partial charge in [0.2, 0.25) is 15.9 Å². The minimum atomic E-state index is -3.65. The first-order valence-corrected chi connectivity index (χ1v) is 10.7. The molecular formula is C21H24N2O5S. The first-order valence-electron chi connectivity index (χ1n) is 9.22. The summed E-state index contributed by atoms with van der Waals surface area (Å²) >= 11 is 0. The van der Waals surface area contributed by atoms with E-state index >= 15 is 0 Å². The summed E-state index contributed by atoms with van der Waals surface area (Å²) in [6.45, 7) is 3.13. The second-order valence-electron chi connectivity index (χ2n) is 6.56. The van der Waals surface area contributed by atoms with Crippen LogP contribution < -0.4 is 10.1 Å². The van der Waals surface area contributed by atoms with E-state index in [0.717, 1.165) is 5.56 Å². The molecule has 0 radical (unpaired) electrons. The number of para-hydroxylation sites is 1. The first kappa shape index (κ1) is 21.0. The molecule has 0 unspecified atom stereocenters. The normalized spacial score (nSPS) is 15.4. The van der Waals surface area contributed by atoms with Gasteiger partial charge in [-0.05, 0) is 36.8 Å². The number of aryl methyl sites for hydroxylation is 1. The molecule has 1 aliphatic rings. The number of hydrogen-bond donors (Lipinski definition) is 1. The second-order valence-corrected chi connectivity index (χ2v) is 8.47. The number of carbonyl (C=O) groups excluding carboxylic acids is 1. The third-order valence-corrected chi connectivity index (χ3v) is 6.64. The van der Waals surface area contributed by atoms with Gasteiger partial charge in [-0.2, -0.15) is 4.31 Å². The summed E-state index contributed by atoms with van der Waals surface area (Å²) in [7, 11) is -2.08. The number of amides is 1. The molecule has 3 rings (SSSR count). The zero-order chi connectivity index (χ0) is 20.9. The monoisotopic (exact) mass is 416 g/mol. The minimum Gasteiger partial charge on any atom is -0.496 e. The fourth-order valence-electron chi connectivity index (χ4n) is 3.04. The van der Waals surface area contributed by atoms with Crippen molar-refractivity contribution < 1.29 is 22.7 Å². The van der Waals surface area contributed by atoms with Crippen LogP contribution in [-0.2, 0) is 19.6 Å². The van der Waals surface area contributed by atoms with Crippen LogP contribution in [0.25, 0.3) is 6.08 Å². The van der Waals surface area contributed by atoms with E-state index in [4.69, 9.17) is 9.47 Å². The maximum Gasteiger partial charge on any atom is 0.248 e. The fourth-order valence-corrected chi connectivity index (χ4v) is 4.69. The van der Waals surface area contributed by atoms with E-state index in [-0.39, 0.29) is 10.8 Å². The van der Waals surface area contributed by atoms with Gasteiger partial charge in [0.15, 0.2) is 0 Å². The molecule has 0 atom stereocenters. The maximum atomic E-state index is 13.0. The summed E-state index contributed by atoms with van der Waals surface area (Å²) in [5.41, 5.74) is 1.81. The molecule has 1 amide bonds. The number of methoxy groups -OCH3 is 1. The van der Waals surface area contributed by atoms with Crippen molar-refractivity contribution in [2.45, 2.75) is 11.8 Å². The molecule has 1 N–H and O–H groups in total. The number of nitrogens with zero attached hydrogens (tertiary/aromatic N) is 1. The van der Waals surface area contributed by atoms with Gasteiger partial charge in [0.05, 0.1) is 25.2 Å². The Labute approximate surface area is 171 Å². The van der Waals surface area contributed by atoms with Crippen molar-refractivity contribution in [1.29, 1.82) is 0 Å². The average Bonchev–Trinajstić information content (AvgIpc) is 2.74. The number of anilines is 1. The van der Waals surface area contributed by atoms with Crippen molar-refractivity contribution in [3.63, 3.8) is 0 Å². The van der Waals surface area contributed by atoms with Gasteiger partial charge in [0, 0.05) is 30.4 Å². The Morgan fingerprint density at radius 2 is 1.90 bits per heavy atom. The molecule has 1 fully saturated rings. The van der Waals surface area contributed by atoms with Crippen LogP contribution in [0.2, 0.25) is 0 Å². The number of hydrogen-bond acceptors (Lipinski definition) is 5. The average molecular weight is 416 g/mol. The molecule has 0 spiro atoms. The molecule has 154 valence electrons. The molecular weight excluding hydrogens is 392 g/mol. The molecule has 7 nitrogen and oxygen atoms in total. The maximum absolute atomic E-state index is 13.0. The highest BCUT2D eigenvalue weighted by atomic mass is 32.2. The standard InChI is InChI=1S/C21H24N2O5S/c1-16-7-9-18(15-20(16)29(25,26)23-11-13-28-14-12-23)22-21(24)10-8-17-5-3-4-6-19(17)27-2/h3-10,15H,11-14H2,1-2H3,(H,22,24)/b10-8+. The molecule has 1 saturated heterocycles. The molecule has 29 heavy (non-hydrogen) atoms. The van der Waals surface area contributed by atoms with Crippen LogP contribution in [0.1, 0.15) is 11.1 Å². The molecule has 1 aliphatic heterocycles. The van der Waals surface area contributed by atoms with Crippen molar-refractivity contribution >= 4 is 27.7 Å². The summed E-state index contributed by atoms with van der Waals surface area (Å²) in [6, 6.07) is 12.2. The van der Waals surface area contributed by atoms with Crippen LogP contribution >= 0.6 is 0 Å². The topological polar surface area (TPSA) is 84.9 Å². The number of nitrogens with one attached hydrogen (secondary N) is 1. The van der Waals surface area contributed by atoms with Gasteiger partial charge in [0.1, 0.15) is 5.75 Å². The van der Waals surface area contributed by atoms with E-state index in [1.807, 2.05) is 18.2 Å². The smallest absolute Gasteiger partial charge is 0.248 e. The molecule has 8 heteroatoms. The number of benzene rings is 2. The minimum absolute atomic E-state index is 0.186. The second kappa shape index (κ2) is 9.21. The van der Waals surface area contributed by atoms with Gasteiger partial charge in [-0.3, -0.25) is 4.79 Å². The number of sulfonamides is 1. The molecule has 0 saturated carbocycles. The summed E-state index contributed by atoms with van der Waals surface area (Å²) in [5, 5.41) is 2.72. The lowest BCUT2D eigenvalue weighted by Crippen LogP contribution is -2.40. The lowest BCUT2D eigenvalue weighted by atomic mass is 10.2. The van der Waals surface area contributed by atoms with Crippen LogP contribution in [0.15, 0.2) is 53.4 Å². The van der Waals surface area contributed by atoms with E-state index in [2.05, 4.69) is 5.32 Å². The summed E-state index contributed by atoms with van der Waals surface area (Å²) < 4.78 is 37.8. The quantitative estimate of drug-likeness (QED) is 0.732. The highest BCUT2D eigenvalue weighted by Gasteiger charge is 2.28. The Bertz CT molecular complexity index is 1010. The third-order valence-electron chi connectivity index (χ3n) is 4.60. The van der Waals surface area contributed by atoms with E-state index in [1.165, 1.54) is 16.4 Å². The highest BCUT2D eigenvalue weighted by molar-refractivity contribution is 7.89. The fraction of sp³-hybridized carbons (Fsp3) is 0.286. The number of rotatable bonds is 6. The summed E-state index contributed by atoms with van der Waals surface area (Å²) in [4.78, 5) is 12.5. The summed E-state index contributed by atoms with van der Waals surface area (Å²) in [6.07, 6.45) is 3.03. The van der Waals surface area contributed by atoms with Crippen LogP contribution in [-0.4, -0.2) is 52.0 Å². The Hall–Kier alpha value is -2.68. The number of ether oxygens (including phenoxy) is 2. The summed E-state index contributed by atoms with van der Waals surface area (Å²) in [5.74, 6) is 0.292. The van der Waals surface area contributed by atoms with E-state index < -0.39 is 10.0 Å². The van der Waals surface area contributed by atoms with Crippen molar-refractivity contribution in [3.05, 3.63) is 59.7 Å². The molecule has 2 aromatic carbocycles. The third kappa shape index (κ3) is 5.03. The van der Waals surface area contributed by atoms with Crippen molar-refractivity contribution in [2.24, 2.45) is 0 Å². The number of carbonyl (C=O) groups is 1. The van der Waals surface area contributed by atoms with Crippen LogP contribution in [0, 0.1) is 6.92 Å². The van der Waals surface area contributed by atoms with Crippen LogP contribution in [0.4, 0.5) is 5.69 Å². The predicted molar refractivity (Wildman–Crippen MR) is 111 cm³/mol. The Kier molecular flexibility index (Phi) is 6.68. The van der Waals surface area contributed by atoms with Crippen LogP contribution in [0.5, 0.6) is 5.75 Å². The number of morpholine rings is 1. The van der Waals surface area contributed by atoms with Crippen LogP contribution in [0.3, 0.4) is 0 Å². The van der Waals surface area contributed by atoms with Gasteiger partial charge in [0.25, 0.3) is 0 Å². The Balaban J connectivity index is 1.77. The molecule has 1 heterocycles. The van der Waals surface area contributed by atoms with Crippen molar-refractivity contribution in [2.75, 3.05) is 38.7 Å². The lowest BCUT2D eigenvalue weighted by molar-refractivity contribution is -0.111. The SMILES string of the molecule is COc1ccccc1/C=C/C(=O)Nc1ccc(C)c(S(=O)(=O)N2CCOCC2)c1. The zero-order valence-corrected chi connectivity index (χ0v) is 17.2. The molecule has 0 aromatic heterocycles. The molecule has 0 aliphatic carbocycles. The lowest BCUT2D eigenvalue weighted by Gasteiger charge is -2.26. The van der Waals surface area contributed by atoms with Crippen molar-refractivity contribution in [3.8, 4) is 5.75 Å². The van der Waals surface area contributed by atoms with Crippen molar-refractivity contribution in [1.82, 2.24) is 4.31 Å². The largest absolute Gasteiger partial charge is 0.496 e. The first-order chi connectivity index (χ1) is 13.9. The van der Waals surface area contributed by atoms with E-state index in [1.54, 1.807) is 38.3 Å². The highest BCUT2D eigenvalue weighted by Crippen LogP contribution is 2.24. The zero-order valence-electron chi connectivity index (χ0n) is 16.4. The van der Waals surface area contributed by atoms with Gasteiger partial charge in [-0.15, -0.1) is 0 Å². The van der Waals surface area contributed by atoms with E-state index in [9.17, 15) is 13.2 Å². The molecule has 2 aromatic rings. The van der Waals surface area contributed by atoms with Gasteiger partial charge in [-0.1, -0.05) is 24.3 Å². The Morgan fingerprint density at radius 3 is 2.62 bits per heavy atom. The van der Waals surface area contributed by atoms with Gasteiger partial charge >= 0.3 is 0 Å². The van der Waals surface area contributed by atoms with Gasteiger partial charge < -0.3 is 14.8 Å². The molecule has 0 bridgehead atoms. The Morgan fingerprint density at radius 1 is 1.17 bits per heavy atom.